The smallest absolute Gasteiger partial charge is 0.131 e. The predicted molar refractivity (Wildman–Crippen MR) is 74.0 cm³/mol. The van der Waals surface area contributed by atoms with Gasteiger partial charge in [-0.15, -0.1) is 0 Å². The summed E-state index contributed by atoms with van der Waals surface area (Å²) in [6, 6.07) is 7.34. The molecule has 0 aliphatic heterocycles. The van der Waals surface area contributed by atoms with Gasteiger partial charge in [-0.1, -0.05) is 6.07 Å². The maximum Gasteiger partial charge on any atom is 0.131 e. The topological polar surface area (TPSA) is 38.0 Å². The van der Waals surface area contributed by atoms with Crippen molar-refractivity contribution in [1.29, 1.82) is 0 Å². The van der Waals surface area contributed by atoms with E-state index in [2.05, 4.69) is 5.32 Å². The predicted octanol–water partition coefficient (Wildman–Crippen LogP) is 3.78. The summed E-state index contributed by atoms with van der Waals surface area (Å²) >= 11 is 0. The Bertz CT molecular complexity index is 609. The summed E-state index contributed by atoms with van der Waals surface area (Å²) in [7, 11) is 0. The lowest BCUT2D eigenvalue weighted by Gasteiger charge is -2.12. The van der Waals surface area contributed by atoms with Crippen molar-refractivity contribution in [2.75, 3.05) is 11.1 Å². The van der Waals surface area contributed by atoms with Crippen molar-refractivity contribution < 1.29 is 8.78 Å². The van der Waals surface area contributed by atoms with Gasteiger partial charge in [0.05, 0.1) is 11.4 Å². The minimum absolute atomic E-state index is 0.263. The highest BCUT2D eigenvalue weighted by Gasteiger charge is 2.06. The van der Waals surface area contributed by atoms with Gasteiger partial charge < -0.3 is 11.1 Å². The van der Waals surface area contributed by atoms with E-state index in [-0.39, 0.29) is 6.54 Å². The van der Waals surface area contributed by atoms with Crippen LogP contribution in [0.2, 0.25) is 0 Å². The normalized spacial score (nSPS) is 10.5. The van der Waals surface area contributed by atoms with Crippen LogP contribution < -0.4 is 11.1 Å². The molecule has 0 saturated heterocycles. The Hall–Kier alpha value is -2.10. The van der Waals surface area contributed by atoms with Crippen LogP contribution in [0.1, 0.15) is 16.7 Å². The van der Waals surface area contributed by atoms with Crippen LogP contribution in [0.4, 0.5) is 20.2 Å². The third-order valence-corrected chi connectivity index (χ3v) is 3.15. The Kier molecular flexibility index (Phi) is 3.69. The summed E-state index contributed by atoms with van der Waals surface area (Å²) in [6.45, 7) is 4.23. The van der Waals surface area contributed by atoms with Crippen molar-refractivity contribution in [3.05, 3.63) is 58.7 Å². The summed E-state index contributed by atoms with van der Waals surface area (Å²) in [5.41, 5.74) is 9.89. The molecule has 0 spiro atoms. The summed E-state index contributed by atoms with van der Waals surface area (Å²) in [5.74, 6) is -1.14. The zero-order valence-electron chi connectivity index (χ0n) is 10.9. The third-order valence-electron chi connectivity index (χ3n) is 3.15. The Balaban J connectivity index is 2.16. The van der Waals surface area contributed by atoms with Gasteiger partial charge in [0.25, 0.3) is 0 Å². The molecule has 0 aliphatic rings. The summed E-state index contributed by atoms with van der Waals surface area (Å²) < 4.78 is 26.3. The first-order valence-corrected chi connectivity index (χ1v) is 6.02. The molecule has 0 fully saturated rings. The second-order valence-corrected chi connectivity index (χ2v) is 4.61. The van der Waals surface area contributed by atoms with E-state index in [1.54, 1.807) is 0 Å². The van der Waals surface area contributed by atoms with E-state index in [1.165, 1.54) is 12.1 Å². The SMILES string of the molecule is Cc1cc(N)c(NCc2ccc(F)cc2F)cc1C. The quantitative estimate of drug-likeness (QED) is 0.826. The lowest BCUT2D eigenvalue weighted by Crippen LogP contribution is -2.05. The zero-order valence-corrected chi connectivity index (χ0v) is 10.9. The standard InChI is InChI=1S/C15H16F2N2/c1-9-5-14(18)15(6-10(9)2)19-8-11-3-4-12(16)7-13(11)17/h3-7,19H,8,18H2,1-2H3. The van der Waals surface area contributed by atoms with E-state index >= 15 is 0 Å². The van der Waals surface area contributed by atoms with E-state index in [0.717, 1.165) is 22.9 Å². The largest absolute Gasteiger partial charge is 0.397 e. The number of anilines is 2. The van der Waals surface area contributed by atoms with Crippen molar-refractivity contribution in [3.63, 3.8) is 0 Å². The van der Waals surface area contributed by atoms with Crippen LogP contribution in [-0.4, -0.2) is 0 Å². The number of hydrogen-bond acceptors (Lipinski definition) is 2. The second-order valence-electron chi connectivity index (χ2n) is 4.61. The molecule has 0 radical (unpaired) electrons. The fraction of sp³-hybridized carbons (Fsp3) is 0.200. The van der Waals surface area contributed by atoms with Crippen molar-refractivity contribution >= 4 is 11.4 Å². The van der Waals surface area contributed by atoms with Crippen LogP contribution in [0.3, 0.4) is 0 Å². The summed E-state index contributed by atoms with van der Waals surface area (Å²) in [6.07, 6.45) is 0. The molecule has 4 heteroatoms. The molecular weight excluding hydrogens is 246 g/mol. The number of nitrogen functional groups attached to an aromatic ring is 1. The van der Waals surface area contributed by atoms with Gasteiger partial charge in [0.15, 0.2) is 0 Å². The van der Waals surface area contributed by atoms with Crippen molar-refractivity contribution in [3.8, 4) is 0 Å². The van der Waals surface area contributed by atoms with E-state index < -0.39 is 11.6 Å². The summed E-state index contributed by atoms with van der Waals surface area (Å²) in [4.78, 5) is 0. The summed E-state index contributed by atoms with van der Waals surface area (Å²) in [5, 5.41) is 3.07. The Labute approximate surface area is 111 Å². The molecule has 0 unspecified atom stereocenters. The van der Waals surface area contributed by atoms with E-state index in [9.17, 15) is 8.78 Å². The van der Waals surface area contributed by atoms with Crippen LogP contribution in [0.25, 0.3) is 0 Å². The maximum atomic E-state index is 13.5. The first kappa shape index (κ1) is 13.3. The fourth-order valence-corrected chi connectivity index (χ4v) is 1.85. The van der Waals surface area contributed by atoms with Gasteiger partial charge in [-0.05, 0) is 43.2 Å². The molecular formula is C15H16F2N2. The minimum atomic E-state index is -0.577. The molecule has 3 N–H and O–H groups in total. The highest BCUT2D eigenvalue weighted by molar-refractivity contribution is 5.68. The number of halogens is 2. The van der Waals surface area contributed by atoms with Crippen LogP contribution in [0, 0.1) is 25.5 Å². The molecule has 2 aromatic rings. The van der Waals surface area contributed by atoms with E-state index in [0.29, 0.717) is 11.3 Å². The van der Waals surface area contributed by atoms with Gasteiger partial charge >= 0.3 is 0 Å². The average molecular weight is 262 g/mol. The van der Waals surface area contributed by atoms with Gasteiger partial charge in [0, 0.05) is 18.2 Å². The molecule has 0 heterocycles. The monoisotopic (exact) mass is 262 g/mol. The molecule has 0 aliphatic carbocycles. The third kappa shape index (κ3) is 3.02. The van der Waals surface area contributed by atoms with Crippen LogP contribution in [-0.2, 0) is 6.54 Å². The Morgan fingerprint density at radius 1 is 1.05 bits per heavy atom. The van der Waals surface area contributed by atoms with Gasteiger partial charge in [-0.25, -0.2) is 8.78 Å². The molecule has 0 bridgehead atoms. The number of hydrogen-bond donors (Lipinski definition) is 2. The first-order chi connectivity index (χ1) is 8.97. The highest BCUT2D eigenvalue weighted by atomic mass is 19.1. The average Bonchev–Trinajstić information content (AvgIpc) is 2.34. The number of benzene rings is 2. The number of nitrogens with one attached hydrogen (secondary N) is 1. The Morgan fingerprint density at radius 2 is 1.74 bits per heavy atom. The lowest BCUT2D eigenvalue weighted by atomic mass is 10.1. The van der Waals surface area contributed by atoms with Gasteiger partial charge in [0.2, 0.25) is 0 Å². The molecule has 0 amide bonds. The molecule has 100 valence electrons. The van der Waals surface area contributed by atoms with Crippen molar-refractivity contribution in [2.45, 2.75) is 20.4 Å². The van der Waals surface area contributed by atoms with Gasteiger partial charge in [-0.3, -0.25) is 0 Å². The first-order valence-electron chi connectivity index (χ1n) is 6.02. The van der Waals surface area contributed by atoms with Gasteiger partial charge in [-0.2, -0.15) is 0 Å². The zero-order chi connectivity index (χ0) is 14.0. The van der Waals surface area contributed by atoms with E-state index in [4.69, 9.17) is 5.73 Å². The highest BCUT2D eigenvalue weighted by Crippen LogP contribution is 2.24. The molecule has 0 atom stereocenters. The molecule has 19 heavy (non-hydrogen) atoms. The number of rotatable bonds is 3. The fourth-order valence-electron chi connectivity index (χ4n) is 1.85. The maximum absolute atomic E-state index is 13.5. The molecule has 0 saturated carbocycles. The minimum Gasteiger partial charge on any atom is -0.397 e. The van der Waals surface area contributed by atoms with Gasteiger partial charge in [0.1, 0.15) is 11.6 Å². The molecule has 2 rings (SSSR count). The second kappa shape index (κ2) is 5.26. The number of nitrogens with two attached hydrogens (primary N) is 1. The van der Waals surface area contributed by atoms with Crippen LogP contribution in [0.15, 0.2) is 30.3 Å². The Morgan fingerprint density at radius 3 is 2.42 bits per heavy atom. The van der Waals surface area contributed by atoms with Crippen LogP contribution >= 0.6 is 0 Å². The lowest BCUT2D eigenvalue weighted by molar-refractivity contribution is 0.574. The van der Waals surface area contributed by atoms with Crippen LogP contribution in [0.5, 0.6) is 0 Å². The van der Waals surface area contributed by atoms with Crippen molar-refractivity contribution in [1.82, 2.24) is 0 Å². The number of aryl methyl sites for hydroxylation is 2. The van der Waals surface area contributed by atoms with Crippen molar-refractivity contribution in [2.24, 2.45) is 0 Å². The molecule has 0 aromatic heterocycles. The molecule has 2 nitrogen and oxygen atoms in total. The van der Waals surface area contributed by atoms with E-state index in [1.807, 2.05) is 26.0 Å². The molecule has 2 aromatic carbocycles.